The maximum atomic E-state index is 12.0. The second kappa shape index (κ2) is 4.13. The molecule has 1 N–H and O–H groups in total. The second-order valence-corrected chi connectivity index (χ2v) is 5.67. The molecular weight excluding hydrogens is 224 g/mol. The van der Waals surface area contributed by atoms with Crippen molar-refractivity contribution < 1.29 is 9.90 Å². The molecule has 0 radical (unpaired) electrons. The van der Waals surface area contributed by atoms with Crippen molar-refractivity contribution in [1.29, 1.82) is 0 Å². The van der Waals surface area contributed by atoms with Crippen LogP contribution in [-0.2, 0) is 5.41 Å². The van der Waals surface area contributed by atoms with E-state index >= 15 is 0 Å². The summed E-state index contributed by atoms with van der Waals surface area (Å²) >= 11 is 0. The molecule has 2 aromatic carbocycles. The molecule has 0 aliphatic rings. The fourth-order valence-electron chi connectivity index (χ4n) is 2.35. The van der Waals surface area contributed by atoms with E-state index < -0.39 is 0 Å². The van der Waals surface area contributed by atoms with Crippen molar-refractivity contribution in [3.8, 4) is 5.75 Å². The van der Waals surface area contributed by atoms with Gasteiger partial charge < -0.3 is 5.11 Å². The summed E-state index contributed by atoms with van der Waals surface area (Å²) in [7, 11) is 0. The first kappa shape index (κ1) is 12.6. The van der Waals surface area contributed by atoms with E-state index in [1.165, 1.54) is 0 Å². The van der Waals surface area contributed by atoms with Crippen molar-refractivity contribution in [2.24, 2.45) is 0 Å². The predicted molar refractivity (Wildman–Crippen MR) is 74.3 cm³/mol. The van der Waals surface area contributed by atoms with Crippen molar-refractivity contribution in [2.75, 3.05) is 0 Å². The molecule has 0 aliphatic carbocycles. The van der Waals surface area contributed by atoms with Crippen molar-refractivity contribution >= 4 is 16.6 Å². The van der Waals surface area contributed by atoms with Crippen LogP contribution in [0.3, 0.4) is 0 Å². The van der Waals surface area contributed by atoms with Crippen LogP contribution in [0.4, 0.5) is 0 Å². The molecule has 0 saturated heterocycles. The van der Waals surface area contributed by atoms with Gasteiger partial charge in [-0.3, -0.25) is 4.79 Å². The van der Waals surface area contributed by atoms with Gasteiger partial charge >= 0.3 is 0 Å². The molecule has 0 saturated carbocycles. The highest BCUT2D eigenvalue weighted by Gasteiger charge is 2.23. The normalized spacial score (nSPS) is 11.8. The molecule has 2 heteroatoms. The largest absolute Gasteiger partial charge is 0.507 e. The van der Waals surface area contributed by atoms with E-state index in [2.05, 4.69) is 20.8 Å². The number of hydrogen-bond acceptors (Lipinski definition) is 2. The van der Waals surface area contributed by atoms with Gasteiger partial charge in [-0.25, -0.2) is 0 Å². The lowest BCUT2D eigenvalue weighted by molar-refractivity contribution is 0.101. The monoisotopic (exact) mass is 242 g/mol. The summed E-state index contributed by atoms with van der Waals surface area (Å²) in [5.74, 6) is 0.163. The first-order chi connectivity index (χ1) is 8.32. The van der Waals surface area contributed by atoms with Gasteiger partial charge in [0, 0.05) is 10.9 Å². The number of phenolic OH excluding ortho intramolecular Hbond substituents is 1. The van der Waals surface area contributed by atoms with Gasteiger partial charge in [-0.15, -0.1) is 0 Å². The van der Waals surface area contributed by atoms with Gasteiger partial charge in [0.1, 0.15) is 5.75 Å². The van der Waals surface area contributed by atoms with E-state index in [-0.39, 0.29) is 16.9 Å². The fourth-order valence-corrected chi connectivity index (χ4v) is 2.35. The number of Topliss-reactive ketones (excluding diaryl/α,β-unsaturated/α-hetero) is 1. The SMILES string of the molecule is CC(=O)c1c(C(C)(C)C)ccc2cccc(O)c12. The van der Waals surface area contributed by atoms with Crippen LogP contribution in [0.15, 0.2) is 30.3 Å². The van der Waals surface area contributed by atoms with Crippen LogP contribution in [0.2, 0.25) is 0 Å². The van der Waals surface area contributed by atoms with Crippen LogP contribution in [0.25, 0.3) is 10.8 Å². The summed E-state index contributed by atoms with van der Waals surface area (Å²) in [5, 5.41) is 11.6. The molecule has 2 nitrogen and oxygen atoms in total. The van der Waals surface area contributed by atoms with Gasteiger partial charge in [-0.1, -0.05) is 45.0 Å². The summed E-state index contributed by atoms with van der Waals surface area (Å²) in [6.45, 7) is 7.76. The maximum absolute atomic E-state index is 12.0. The molecule has 94 valence electrons. The highest BCUT2D eigenvalue weighted by molar-refractivity contribution is 6.10. The molecule has 0 aliphatic heterocycles. The fraction of sp³-hybridized carbons (Fsp3) is 0.312. The molecule has 0 amide bonds. The minimum absolute atomic E-state index is 0.00738. The van der Waals surface area contributed by atoms with E-state index in [9.17, 15) is 9.90 Å². The first-order valence-electron chi connectivity index (χ1n) is 6.08. The van der Waals surface area contributed by atoms with Crippen molar-refractivity contribution in [3.05, 3.63) is 41.5 Å². The Morgan fingerprint density at radius 3 is 2.33 bits per heavy atom. The van der Waals surface area contributed by atoms with Crippen LogP contribution in [-0.4, -0.2) is 10.9 Å². The molecule has 0 bridgehead atoms. The van der Waals surface area contributed by atoms with Gasteiger partial charge in [0.15, 0.2) is 5.78 Å². The van der Waals surface area contributed by atoms with Crippen LogP contribution < -0.4 is 0 Å². The average Bonchev–Trinajstić information content (AvgIpc) is 2.26. The van der Waals surface area contributed by atoms with E-state index in [1.807, 2.05) is 18.2 Å². The number of rotatable bonds is 1. The van der Waals surface area contributed by atoms with Gasteiger partial charge in [0.05, 0.1) is 0 Å². The highest BCUT2D eigenvalue weighted by atomic mass is 16.3. The molecule has 0 spiro atoms. The lowest BCUT2D eigenvalue weighted by Crippen LogP contribution is -2.16. The topological polar surface area (TPSA) is 37.3 Å². The molecule has 2 rings (SSSR count). The Morgan fingerprint density at radius 2 is 1.78 bits per heavy atom. The minimum Gasteiger partial charge on any atom is -0.507 e. The Morgan fingerprint density at radius 1 is 1.11 bits per heavy atom. The average molecular weight is 242 g/mol. The summed E-state index contributed by atoms with van der Waals surface area (Å²) in [6.07, 6.45) is 0. The van der Waals surface area contributed by atoms with Crippen LogP contribution in [0.1, 0.15) is 43.6 Å². The zero-order valence-electron chi connectivity index (χ0n) is 11.2. The van der Waals surface area contributed by atoms with E-state index in [0.717, 1.165) is 10.9 Å². The lowest BCUT2D eigenvalue weighted by atomic mass is 9.80. The molecule has 0 fully saturated rings. The Balaban J connectivity index is 2.96. The molecule has 0 aromatic heterocycles. The number of carbonyl (C=O) groups excluding carboxylic acids is 1. The third-order valence-electron chi connectivity index (χ3n) is 3.18. The number of hydrogen-bond donors (Lipinski definition) is 1. The summed E-state index contributed by atoms with van der Waals surface area (Å²) in [6, 6.07) is 9.27. The van der Waals surface area contributed by atoms with Gasteiger partial charge in [0.25, 0.3) is 0 Å². The van der Waals surface area contributed by atoms with Crippen LogP contribution >= 0.6 is 0 Å². The van der Waals surface area contributed by atoms with E-state index in [4.69, 9.17) is 0 Å². The molecule has 2 aromatic rings. The molecule has 0 unspecified atom stereocenters. The molecule has 18 heavy (non-hydrogen) atoms. The minimum atomic E-state index is -0.128. The number of carbonyl (C=O) groups is 1. The van der Waals surface area contributed by atoms with E-state index in [0.29, 0.717) is 10.9 Å². The van der Waals surface area contributed by atoms with Crippen LogP contribution in [0.5, 0.6) is 5.75 Å². The Bertz CT molecular complexity index is 619. The first-order valence-corrected chi connectivity index (χ1v) is 6.08. The summed E-state index contributed by atoms with van der Waals surface area (Å²) in [5.41, 5.74) is 1.49. The molecule has 0 atom stereocenters. The smallest absolute Gasteiger partial charge is 0.160 e. The Labute approximate surface area is 107 Å². The van der Waals surface area contributed by atoms with Crippen molar-refractivity contribution in [1.82, 2.24) is 0 Å². The predicted octanol–water partition coefficient (Wildman–Crippen LogP) is 4.05. The van der Waals surface area contributed by atoms with E-state index in [1.54, 1.807) is 19.1 Å². The maximum Gasteiger partial charge on any atom is 0.160 e. The Kier molecular flexibility index (Phi) is 2.89. The van der Waals surface area contributed by atoms with Crippen molar-refractivity contribution in [3.63, 3.8) is 0 Å². The van der Waals surface area contributed by atoms with Gasteiger partial charge in [-0.05, 0) is 29.4 Å². The number of aromatic hydroxyl groups is 1. The van der Waals surface area contributed by atoms with Crippen molar-refractivity contribution in [2.45, 2.75) is 33.1 Å². The van der Waals surface area contributed by atoms with Gasteiger partial charge in [0.2, 0.25) is 0 Å². The Hall–Kier alpha value is -1.83. The molecular formula is C16H18O2. The zero-order valence-corrected chi connectivity index (χ0v) is 11.2. The number of benzene rings is 2. The quantitative estimate of drug-likeness (QED) is 0.766. The number of ketones is 1. The number of fused-ring (bicyclic) bond motifs is 1. The van der Waals surface area contributed by atoms with Crippen LogP contribution in [0, 0.1) is 0 Å². The highest BCUT2D eigenvalue weighted by Crippen LogP contribution is 2.35. The van der Waals surface area contributed by atoms with Gasteiger partial charge in [-0.2, -0.15) is 0 Å². The third-order valence-corrected chi connectivity index (χ3v) is 3.18. The molecule has 0 heterocycles. The lowest BCUT2D eigenvalue weighted by Gasteiger charge is -2.23. The number of phenols is 1. The standard InChI is InChI=1S/C16H18O2/c1-10(17)14-12(16(2,3)4)9-8-11-6-5-7-13(18)15(11)14/h5-9,18H,1-4H3. The third kappa shape index (κ3) is 1.99. The second-order valence-electron chi connectivity index (χ2n) is 5.67. The summed E-state index contributed by atoms with van der Waals surface area (Å²) < 4.78 is 0. The zero-order chi connectivity index (χ0) is 13.5. The summed E-state index contributed by atoms with van der Waals surface area (Å²) in [4.78, 5) is 12.0.